The van der Waals surface area contributed by atoms with Gasteiger partial charge in [-0.15, -0.1) is 0 Å². The minimum Gasteiger partial charge on any atom is -0.497 e. The SMILES string of the molecule is COc1cc(OC)cc(C(=O)NCC(c2ccc3c(c2)CCO3)N(C)C)c1. The molecule has 0 bridgehead atoms. The number of likely N-dealkylation sites (N-methyl/N-ethyl adjacent to an activating group) is 1. The first-order valence-corrected chi connectivity index (χ1v) is 8.95. The molecule has 1 heterocycles. The number of carbonyl (C=O) groups is 1. The molecule has 2 aromatic carbocycles. The second-order valence-electron chi connectivity index (χ2n) is 6.76. The molecular formula is C21H26N2O4. The van der Waals surface area contributed by atoms with Crippen LogP contribution < -0.4 is 19.5 Å². The monoisotopic (exact) mass is 370 g/mol. The van der Waals surface area contributed by atoms with E-state index in [1.54, 1.807) is 32.4 Å². The molecule has 1 unspecified atom stereocenters. The van der Waals surface area contributed by atoms with Crippen molar-refractivity contribution in [2.45, 2.75) is 12.5 Å². The summed E-state index contributed by atoms with van der Waals surface area (Å²) in [7, 11) is 7.15. The highest BCUT2D eigenvalue weighted by Gasteiger charge is 2.20. The molecule has 1 amide bonds. The summed E-state index contributed by atoms with van der Waals surface area (Å²) in [6.45, 7) is 1.23. The minimum atomic E-state index is -0.163. The van der Waals surface area contributed by atoms with Gasteiger partial charge in [-0.3, -0.25) is 4.79 Å². The summed E-state index contributed by atoms with van der Waals surface area (Å²) < 4.78 is 16.1. The lowest BCUT2D eigenvalue weighted by molar-refractivity contribution is 0.0941. The number of nitrogens with zero attached hydrogens (tertiary/aromatic N) is 1. The Balaban J connectivity index is 1.74. The number of ether oxygens (including phenoxy) is 3. The van der Waals surface area contributed by atoms with E-state index in [1.807, 2.05) is 20.2 Å². The van der Waals surface area contributed by atoms with E-state index in [9.17, 15) is 4.79 Å². The molecule has 0 saturated heterocycles. The summed E-state index contributed by atoms with van der Waals surface area (Å²) in [5.41, 5.74) is 2.89. The lowest BCUT2D eigenvalue weighted by atomic mass is 10.0. The van der Waals surface area contributed by atoms with Crippen molar-refractivity contribution in [3.05, 3.63) is 53.1 Å². The van der Waals surface area contributed by atoms with Crippen molar-refractivity contribution >= 4 is 5.91 Å². The molecule has 0 aliphatic carbocycles. The van der Waals surface area contributed by atoms with E-state index in [0.29, 0.717) is 23.6 Å². The van der Waals surface area contributed by atoms with Crippen molar-refractivity contribution in [2.75, 3.05) is 41.5 Å². The van der Waals surface area contributed by atoms with Crippen molar-refractivity contribution in [1.82, 2.24) is 10.2 Å². The third-order valence-electron chi connectivity index (χ3n) is 4.79. The molecule has 1 aliphatic heterocycles. The van der Waals surface area contributed by atoms with Crippen molar-refractivity contribution < 1.29 is 19.0 Å². The Hall–Kier alpha value is -2.73. The van der Waals surface area contributed by atoms with Crippen LogP contribution in [0.3, 0.4) is 0 Å². The number of hydrogen-bond donors (Lipinski definition) is 1. The van der Waals surface area contributed by atoms with Crippen LogP contribution in [0.2, 0.25) is 0 Å². The smallest absolute Gasteiger partial charge is 0.251 e. The van der Waals surface area contributed by atoms with Gasteiger partial charge in [0.15, 0.2) is 0 Å². The Labute approximate surface area is 160 Å². The van der Waals surface area contributed by atoms with Crippen LogP contribution in [0.15, 0.2) is 36.4 Å². The van der Waals surface area contributed by atoms with E-state index >= 15 is 0 Å². The van der Waals surface area contributed by atoms with Gasteiger partial charge in [-0.1, -0.05) is 12.1 Å². The molecule has 3 rings (SSSR count). The van der Waals surface area contributed by atoms with Gasteiger partial charge in [0.25, 0.3) is 5.91 Å². The highest BCUT2D eigenvalue weighted by Crippen LogP contribution is 2.29. The summed E-state index contributed by atoms with van der Waals surface area (Å²) in [5, 5.41) is 3.03. The molecule has 144 valence electrons. The first kappa shape index (κ1) is 19.0. The zero-order valence-corrected chi connectivity index (χ0v) is 16.2. The number of amides is 1. The molecule has 1 aliphatic rings. The van der Waals surface area contributed by atoms with Gasteiger partial charge in [0.05, 0.1) is 26.9 Å². The van der Waals surface area contributed by atoms with Crippen LogP contribution in [-0.4, -0.2) is 52.3 Å². The molecule has 1 atom stereocenters. The number of fused-ring (bicyclic) bond motifs is 1. The van der Waals surface area contributed by atoms with E-state index in [-0.39, 0.29) is 11.9 Å². The maximum Gasteiger partial charge on any atom is 0.251 e. The van der Waals surface area contributed by atoms with Crippen LogP contribution in [0.1, 0.15) is 27.5 Å². The molecule has 0 fully saturated rings. The van der Waals surface area contributed by atoms with Crippen LogP contribution in [-0.2, 0) is 6.42 Å². The summed E-state index contributed by atoms with van der Waals surface area (Å²) in [6, 6.07) is 11.5. The van der Waals surface area contributed by atoms with Gasteiger partial charge in [-0.25, -0.2) is 0 Å². The van der Waals surface area contributed by atoms with Gasteiger partial charge in [-0.05, 0) is 43.4 Å². The Morgan fingerprint density at radius 3 is 2.48 bits per heavy atom. The molecule has 27 heavy (non-hydrogen) atoms. The summed E-state index contributed by atoms with van der Waals surface area (Å²) >= 11 is 0. The third-order valence-corrected chi connectivity index (χ3v) is 4.79. The van der Waals surface area contributed by atoms with Crippen molar-refractivity contribution in [2.24, 2.45) is 0 Å². The zero-order chi connectivity index (χ0) is 19.4. The molecule has 0 saturated carbocycles. The Morgan fingerprint density at radius 1 is 1.15 bits per heavy atom. The van der Waals surface area contributed by atoms with Crippen molar-refractivity contribution in [3.8, 4) is 17.2 Å². The largest absolute Gasteiger partial charge is 0.497 e. The van der Waals surface area contributed by atoms with Crippen LogP contribution in [0, 0.1) is 0 Å². The molecule has 0 aromatic heterocycles. The van der Waals surface area contributed by atoms with Crippen LogP contribution >= 0.6 is 0 Å². The van der Waals surface area contributed by atoms with Crippen LogP contribution in [0.5, 0.6) is 17.2 Å². The molecule has 0 radical (unpaired) electrons. The lowest BCUT2D eigenvalue weighted by Crippen LogP contribution is -2.34. The predicted octanol–water partition coefficient (Wildman–Crippen LogP) is 2.67. The van der Waals surface area contributed by atoms with Gasteiger partial charge < -0.3 is 24.4 Å². The zero-order valence-electron chi connectivity index (χ0n) is 16.2. The summed E-state index contributed by atoms with van der Waals surface area (Å²) in [4.78, 5) is 14.8. The highest BCUT2D eigenvalue weighted by molar-refractivity contribution is 5.95. The van der Waals surface area contributed by atoms with Crippen LogP contribution in [0.25, 0.3) is 0 Å². The number of hydrogen-bond acceptors (Lipinski definition) is 5. The predicted molar refractivity (Wildman–Crippen MR) is 104 cm³/mol. The first-order valence-electron chi connectivity index (χ1n) is 8.95. The minimum absolute atomic E-state index is 0.0624. The molecule has 0 spiro atoms. The third kappa shape index (κ3) is 4.34. The molecule has 6 heteroatoms. The van der Waals surface area contributed by atoms with Gasteiger partial charge in [0.1, 0.15) is 17.2 Å². The Kier molecular flexibility index (Phi) is 5.86. The van der Waals surface area contributed by atoms with E-state index in [0.717, 1.165) is 24.3 Å². The van der Waals surface area contributed by atoms with E-state index in [1.165, 1.54) is 5.56 Å². The van der Waals surface area contributed by atoms with Gasteiger partial charge in [-0.2, -0.15) is 0 Å². The van der Waals surface area contributed by atoms with Gasteiger partial charge in [0.2, 0.25) is 0 Å². The molecule has 1 N–H and O–H groups in total. The second-order valence-corrected chi connectivity index (χ2v) is 6.76. The fourth-order valence-corrected chi connectivity index (χ4v) is 3.24. The normalized spacial score (nSPS) is 13.7. The maximum absolute atomic E-state index is 12.7. The maximum atomic E-state index is 12.7. The Bertz CT molecular complexity index is 798. The first-order chi connectivity index (χ1) is 13.0. The second kappa shape index (κ2) is 8.31. The van der Waals surface area contributed by atoms with E-state index < -0.39 is 0 Å². The Morgan fingerprint density at radius 2 is 1.85 bits per heavy atom. The van der Waals surface area contributed by atoms with Crippen molar-refractivity contribution in [1.29, 1.82) is 0 Å². The number of rotatable bonds is 7. The summed E-state index contributed by atoms with van der Waals surface area (Å²) in [6.07, 6.45) is 0.930. The topological polar surface area (TPSA) is 60.0 Å². The summed E-state index contributed by atoms with van der Waals surface area (Å²) in [5.74, 6) is 1.97. The average molecular weight is 370 g/mol. The highest BCUT2D eigenvalue weighted by atomic mass is 16.5. The number of nitrogens with one attached hydrogen (secondary N) is 1. The molecule has 6 nitrogen and oxygen atoms in total. The van der Waals surface area contributed by atoms with E-state index in [2.05, 4.69) is 22.3 Å². The number of carbonyl (C=O) groups excluding carboxylic acids is 1. The van der Waals surface area contributed by atoms with Gasteiger partial charge in [0, 0.05) is 24.6 Å². The number of benzene rings is 2. The van der Waals surface area contributed by atoms with E-state index in [4.69, 9.17) is 14.2 Å². The number of methoxy groups -OCH3 is 2. The fraction of sp³-hybridized carbons (Fsp3) is 0.381. The molecule has 2 aromatic rings. The fourth-order valence-electron chi connectivity index (χ4n) is 3.24. The lowest BCUT2D eigenvalue weighted by Gasteiger charge is -2.25. The van der Waals surface area contributed by atoms with Crippen molar-refractivity contribution in [3.63, 3.8) is 0 Å². The standard InChI is InChI=1S/C21H26N2O4/c1-23(2)19(14-5-6-20-15(9-14)7-8-27-20)13-22-21(24)16-10-17(25-3)12-18(11-16)26-4/h5-6,9-12,19H,7-8,13H2,1-4H3,(H,22,24). The molecular weight excluding hydrogens is 344 g/mol. The van der Waals surface area contributed by atoms with Crippen LogP contribution in [0.4, 0.5) is 0 Å². The average Bonchev–Trinajstić information content (AvgIpc) is 3.15. The quantitative estimate of drug-likeness (QED) is 0.812. The van der Waals surface area contributed by atoms with Gasteiger partial charge >= 0.3 is 0 Å².